The molecule has 0 unspecified atom stereocenters. The van der Waals surface area contributed by atoms with Gasteiger partial charge in [0.05, 0.1) is 21.8 Å². The molecule has 180 valence electrons. The molecule has 1 fully saturated rings. The fourth-order valence-electron chi connectivity index (χ4n) is 3.29. The normalized spacial score (nSPS) is 14.6. The molecule has 0 bridgehead atoms. The highest BCUT2D eigenvalue weighted by molar-refractivity contribution is 6.30. The van der Waals surface area contributed by atoms with Gasteiger partial charge in [0.2, 0.25) is 0 Å². The molecular formula is C21H24Cl2F3N5O2. The number of carbonyl (C=O) groups is 2. The number of anilines is 2. The van der Waals surface area contributed by atoms with Crippen LogP contribution in [0.15, 0.2) is 36.5 Å². The van der Waals surface area contributed by atoms with Crippen LogP contribution in [0.4, 0.5) is 29.5 Å². The van der Waals surface area contributed by atoms with E-state index in [0.717, 1.165) is 12.1 Å². The number of benzene rings is 1. The van der Waals surface area contributed by atoms with Gasteiger partial charge in [-0.15, -0.1) is 12.4 Å². The van der Waals surface area contributed by atoms with Gasteiger partial charge in [0.15, 0.2) is 0 Å². The Morgan fingerprint density at radius 2 is 1.73 bits per heavy atom. The van der Waals surface area contributed by atoms with Gasteiger partial charge in [0, 0.05) is 38.4 Å². The number of carbonyl (C=O) groups excluding carboxylic acids is 2. The van der Waals surface area contributed by atoms with Crippen LogP contribution >= 0.6 is 24.0 Å². The number of hydrogen-bond acceptors (Lipinski definition) is 4. The molecule has 2 N–H and O–H groups in total. The molecule has 7 nitrogen and oxygen atoms in total. The molecule has 1 saturated heterocycles. The highest BCUT2D eigenvalue weighted by atomic mass is 35.5. The van der Waals surface area contributed by atoms with Gasteiger partial charge >= 0.3 is 12.2 Å². The first kappa shape index (κ1) is 26.7. The fraction of sp³-hybridized carbons (Fsp3) is 0.381. The van der Waals surface area contributed by atoms with E-state index in [1.165, 1.54) is 18.3 Å². The van der Waals surface area contributed by atoms with E-state index in [0.29, 0.717) is 43.3 Å². The maximum absolute atomic E-state index is 13.2. The zero-order valence-corrected chi connectivity index (χ0v) is 19.5. The van der Waals surface area contributed by atoms with Crippen molar-refractivity contribution in [1.82, 2.24) is 14.8 Å². The molecule has 0 radical (unpaired) electrons. The van der Waals surface area contributed by atoms with E-state index in [9.17, 15) is 22.8 Å². The van der Waals surface area contributed by atoms with Gasteiger partial charge in [0.25, 0.3) is 5.91 Å². The zero-order chi connectivity index (χ0) is 23.5. The molecule has 3 amide bonds. The average molecular weight is 506 g/mol. The summed E-state index contributed by atoms with van der Waals surface area (Å²) in [6, 6.07) is 5.38. The Morgan fingerprint density at radius 3 is 2.27 bits per heavy atom. The summed E-state index contributed by atoms with van der Waals surface area (Å²) in [5, 5.41) is 5.35. The molecule has 1 aromatic heterocycles. The summed E-state index contributed by atoms with van der Waals surface area (Å²) in [6.07, 6.45) is -3.36. The van der Waals surface area contributed by atoms with Crippen LogP contribution in [0.5, 0.6) is 0 Å². The first-order valence-electron chi connectivity index (χ1n) is 9.98. The van der Waals surface area contributed by atoms with Crippen molar-refractivity contribution in [2.45, 2.75) is 26.1 Å². The van der Waals surface area contributed by atoms with Gasteiger partial charge in [-0.3, -0.25) is 9.69 Å². The number of nitrogens with zero attached hydrogens (tertiary/aromatic N) is 3. The van der Waals surface area contributed by atoms with Gasteiger partial charge < -0.3 is 15.5 Å². The lowest BCUT2D eigenvalue weighted by molar-refractivity contribution is -0.137. The molecule has 0 spiro atoms. The van der Waals surface area contributed by atoms with E-state index < -0.39 is 23.7 Å². The van der Waals surface area contributed by atoms with Crippen LogP contribution in [0.1, 0.15) is 29.8 Å². The van der Waals surface area contributed by atoms with Crippen molar-refractivity contribution in [1.29, 1.82) is 0 Å². The Balaban J connectivity index is 0.00000385. The number of rotatable bonds is 4. The van der Waals surface area contributed by atoms with Crippen LogP contribution < -0.4 is 10.6 Å². The Morgan fingerprint density at radius 1 is 1.06 bits per heavy atom. The number of aromatic nitrogens is 1. The number of urea groups is 1. The summed E-state index contributed by atoms with van der Waals surface area (Å²) >= 11 is 5.76. The fourth-order valence-corrected chi connectivity index (χ4v) is 3.40. The first-order valence-corrected chi connectivity index (χ1v) is 10.4. The monoisotopic (exact) mass is 505 g/mol. The molecule has 0 aliphatic carbocycles. The Labute approximate surface area is 200 Å². The topological polar surface area (TPSA) is 77.6 Å². The Hall–Kier alpha value is -2.56. The molecule has 2 heterocycles. The first-order chi connectivity index (χ1) is 15.0. The lowest BCUT2D eigenvalue weighted by Gasteiger charge is -2.36. The van der Waals surface area contributed by atoms with E-state index >= 15 is 0 Å². The van der Waals surface area contributed by atoms with E-state index in [-0.39, 0.29) is 29.5 Å². The molecular weight excluding hydrogens is 482 g/mol. The minimum absolute atomic E-state index is 0. The lowest BCUT2D eigenvalue weighted by Crippen LogP contribution is -2.51. The second-order valence-electron chi connectivity index (χ2n) is 7.62. The van der Waals surface area contributed by atoms with Crippen molar-refractivity contribution in [3.63, 3.8) is 0 Å². The van der Waals surface area contributed by atoms with Gasteiger partial charge in [0.1, 0.15) is 5.82 Å². The maximum atomic E-state index is 13.2. The molecule has 12 heteroatoms. The largest absolute Gasteiger partial charge is 0.416 e. The summed E-state index contributed by atoms with van der Waals surface area (Å²) in [7, 11) is 0. The van der Waals surface area contributed by atoms with E-state index in [4.69, 9.17) is 11.6 Å². The standard InChI is InChI=1S/C21H23ClF3N5O2.ClH/c1-13(2)29-7-9-30(10-8-29)20(32)27-17-5-3-14(21(23,24)25)11-16(17)19(31)28-18-6-4-15(22)12-26-18;/h3-6,11-13H,7-10H2,1-2H3,(H,27,32)(H,26,28,31);1H. The minimum atomic E-state index is -4.65. The van der Waals surface area contributed by atoms with Gasteiger partial charge in [-0.1, -0.05) is 11.6 Å². The molecule has 3 rings (SSSR count). The maximum Gasteiger partial charge on any atom is 0.416 e. The predicted octanol–water partition coefficient (Wildman–Crippen LogP) is 4.99. The van der Waals surface area contributed by atoms with Crippen LogP contribution in [0.3, 0.4) is 0 Å². The number of hydrogen-bond donors (Lipinski definition) is 2. The molecule has 33 heavy (non-hydrogen) atoms. The SMILES string of the molecule is CC(C)N1CCN(C(=O)Nc2ccc(C(F)(F)F)cc2C(=O)Nc2ccc(Cl)cn2)CC1.Cl. The van der Waals surface area contributed by atoms with Crippen LogP contribution in [-0.2, 0) is 6.18 Å². The molecule has 1 aromatic carbocycles. The van der Waals surface area contributed by atoms with Crippen molar-refractivity contribution >= 4 is 47.5 Å². The quantitative estimate of drug-likeness (QED) is 0.613. The number of pyridine rings is 1. The summed E-state index contributed by atoms with van der Waals surface area (Å²) in [5.41, 5.74) is -1.36. The van der Waals surface area contributed by atoms with Crippen molar-refractivity contribution in [2.75, 3.05) is 36.8 Å². The molecule has 1 aliphatic rings. The van der Waals surface area contributed by atoms with Crippen molar-refractivity contribution in [3.8, 4) is 0 Å². The highest BCUT2D eigenvalue weighted by Gasteiger charge is 2.32. The summed E-state index contributed by atoms with van der Waals surface area (Å²) < 4.78 is 39.7. The van der Waals surface area contributed by atoms with Crippen LogP contribution in [0.25, 0.3) is 0 Å². The predicted molar refractivity (Wildman–Crippen MR) is 123 cm³/mol. The zero-order valence-electron chi connectivity index (χ0n) is 17.9. The third-order valence-corrected chi connectivity index (χ3v) is 5.36. The third-order valence-electron chi connectivity index (χ3n) is 5.13. The van der Waals surface area contributed by atoms with E-state index in [1.54, 1.807) is 4.90 Å². The number of piperazine rings is 1. The van der Waals surface area contributed by atoms with Crippen LogP contribution in [-0.4, -0.2) is 58.9 Å². The second kappa shape index (κ2) is 11.0. The van der Waals surface area contributed by atoms with Crippen molar-refractivity contribution in [3.05, 3.63) is 52.7 Å². The highest BCUT2D eigenvalue weighted by Crippen LogP contribution is 2.32. The minimum Gasteiger partial charge on any atom is -0.322 e. The van der Waals surface area contributed by atoms with Gasteiger partial charge in [-0.25, -0.2) is 9.78 Å². The Kier molecular flexibility index (Phi) is 8.93. The number of nitrogens with one attached hydrogen (secondary N) is 2. The van der Waals surface area contributed by atoms with E-state index in [1.807, 2.05) is 0 Å². The molecule has 2 aromatic rings. The molecule has 0 atom stereocenters. The molecule has 1 aliphatic heterocycles. The summed E-state index contributed by atoms with van der Waals surface area (Å²) in [5.74, 6) is -0.732. The molecule has 0 saturated carbocycles. The number of alkyl halides is 3. The smallest absolute Gasteiger partial charge is 0.322 e. The average Bonchev–Trinajstić information content (AvgIpc) is 2.74. The summed E-state index contributed by atoms with van der Waals surface area (Å²) in [4.78, 5) is 33.2. The lowest BCUT2D eigenvalue weighted by atomic mass is 10.1. The third kappa shape index (κ3) is 6.96. The van der Waals surface area contributed by atoms with Gasteiger partial charge in [-0.05, 0) is 44.2 Å². The number of amides is 3. The van der Waals surface area contributed by atoms with Crippen LogP contribution in [0, 0.1) is 0 Å². The second-order valence-corrected chi connectivity index (χ2v) is 8.06. The van der Waals surface area contributed by atoms with E-state index in [2.05, 4.69) is 34.4 Å². The Bertz CT molecular complexity index is 979. The van der Waals surface area contributed by atoms with Crippen molar-refractivity contribution in [2.24, 2.45) is 0 Å². The summed E-state index contributed by atoms with van der Waals surface area (Å²) in [6.45, 7) is 6.46. The number of halogens is 5. The van der Waals surface area contributed by atoms with Gasteiger partial charge in [-0.2, -0.15) is 13.2 Å². The van der Waals surface area contributed by atoms with Crippen molar-refractivity contribution < 1.29 is 22.8 Å². The van der Waals surface area contributed by atoms with Crippen LogP contribution in [0.2, 0.25) is 5.02 Å².